The molecule has 1 aromatic carbocycles. The van der Waals surface area contributed by atoms with Gasteiger partial charge in [0.15, 0.2) is 0 Å². The Labute approximate surface area is 128 Å². The van der Waals surface area contributed by atoms with Crippen molar-refractivity contribution in [3.63, 3.8) is 0 Å². The minimum Gasteiger partial charge on any atom is -0.339 e. The number of nitrogens with zero attached hydrogens (tertiary/aromatic N) is 1. The van der Waals surface area contributed by atoms with Gasteiger partial charge in [0.1, 0.15) is 5.82 Å². The molecule has 0 unspecified atom stereocenters. The maximum Gasteiger partial charge on any atom is 0.255 e. The molecule has 1 aromatic rings. The molecule has 0 aliphatic heterocycles. The molecule has 0 saturated heterocycles. The summed E-state index contributed by atoms with van der Waals surface area (Å²) in [6.07, 6.45) is 8.26. The number of halogens is 2. The van der Waals surface area contributed by atoms with Gasteiger partial charge in [0.2, 0.25) is 0 Å². The van der Waals surface area contributed by atoms with E-state index in [4.69, 9.17) is 0 Å². The van der Waals surface area contributed by atoms with Gasteiger partial charge in [-0.2, -0.15) is 0 Å². The lowest BCUT2D eigenvalue weighted by Gasteiger charge is -2.30. The topological polar surface area (TPSA) is 20.3 Å². The highest BCUT2D eigenvalue weighted by molar-refractivity contribution is 9.10. The van der Waals surface area contributed by atoms with Crippen LogP contribution >= 0.6 is 15.9 Å². The van der Waals surface area contributed by atoms with Crippen molar-refractivity contribution < 1.29 is 9.18 Å². The van der Waals surface area contributed by atoms with E-state index in [-0.39, 0.29) is 17.8 Å². The van der Waals surface area contributed by atoms with E-state index in [2.05, 4.69) is 15.9 Å². The number of benzene rings is 1. The molecule has 1 fully saturated rings. The van der Waals surface area contributed by atoms with E-state index in [1.807, 2.05) is 7.05 Å². The zero-order valence-electron chi connectivity index (χ0n) is 11.9. The Morgan fingerprint density at radius 2 is 1.80 bits per heavy atom. The third-order valence-electron chi connectivity index (χ3n) is 4.10. The molecule has 20 heavy (non-hydrogen) atoms. The van der Waals surface area contributed by atoms with Crippen molar-refractivity contribution in [1.29, 1.82) is 0 Å². The van der Waals surface area contributed by atoms with Gasteiger partial charge in [0.05, 0.1) is 5.56 Å². The second-order valence-corrected chi connectivity index (χ2v) is 6.39. The van der Waals surface area contributed by atoms with Crippen LogP contribution in [0.5, 0.6) is 0 Å². The largest absolute Gasteiger partial charge is 0.339 e. The van der Waals surface area contributed by atoms with E-state index in [1.54, 1.807) is 11.0 Å². The van der Waals surface area contributed by atoms with Crippen molar-refractivity contribution in [1.82, 2.24) is 4.90 Å². The van der Waals surface area contributed by atoms with Gasteiger partial charge in [0, 0.05) is 17.6 Å². The molecule has 0 bridgehead atoms. The van der Waals surface area contributed by atoms with Gasteiger partial charge in [-0.1, -0.05) is 32.1 Å². The number of amides is 1. The molecule has 1 amide bonds. The van der Waals surface area contributed by atoms with Crippen LogP contribution in [0, 0.1) is 5.82 Å². The van der Waals surface area contributed by atoms with Crippen molar-refractivity contribution >= 4 is 21.8 Å². The van der Waals surface area contributed by atoms with Crippen molar-refractivity contribution in [3.05, 3.63) is 34.1 Å². The maximum atomic E-state index is 13.3. The van der Waals surface area contributed by atoms with Crippen LogP contribution in [0.25, 0.3) is 0 Å². The first-order valence-corrected chi connectivity index (χ1v) is 8.11. The fourth-order valence-electron chi connectivity index (χ4n) is 2.84. The van der Waals surface area contributed by atoms with Gasteiger partial charge in [-0.25, -0.2) is 4.39 Å². The van der Waals surface area contributed by atoms with Gasteiger partial charge in [-0.15, -0.1) is 0 Å². The fraction of sp³-hybridized carbons (Fsp3) is 0.562. The average Bonchev–Trinajstić information content (AvgIpc) is 2.40. The second-order valence-electron chi connectivity index (χ2n) is 5.54. The normalized spacial score (nSPS) is 17.4. The zero-order chi connectivity index (χ0) is 14.5. The molecule has 4 heteroatoms. The summed E-state index contributed by atoms with van der Waals surface area (Å²) in [5, 5.41) is 0. The first kappa shape index (κ1) is 15.5. The molecule has 0 atom stereocenters. The molecule has 0 heterocycles. The van der Waals surface area contributed by atoms with Gasteiger partial charge in [-0.3, -0.25) is 4.79 Å². The molecule has 2 rings (SSSR count). The van der Waals surface area contributed by atoms with E-state index < -0.39 is 0 Å². The predicted octanol–water partition coefficient (Wildman–Crippen LogP) is 4.77. The Balaban J connectivity index is 2.12. The molecule has 0 radical (unpaired) electrons. The summed E-state index contributed by atoms with van der Waals surface area (Å²) >= 11 is 3.34. The van der Waals surface area contributed by atoms with Crippen molar-refractivity contribution in [2.24, 2.45) is 0 Å². The summed E-state index contributed by atoms with van der Waals surface area (Å²) in [7, 11) is 1.84. The first-order chi connectivity index (χ1) is 9.59. The summed E-state index contributed by atoms with van der Waals surface area (Å²) in [5.41, 5.74) is 0.412. The highest BCUT2D eigenvalue weighted by atomic mass is 79.9. The van der Waals surface area contributed by atoms with Crippen molar-refractivity contribution in [3.8, 4) is 0 Å². The predicted molar refractivity (Wildman–Crippen MR) is 82.3 cm³/mol. The molecular weight excluding hydrogens is 321 g/mol. The van der Waals surface area contributed by atoms with Crippen LogP contribution in [0.1, 0.15) is 55.3 Å². The van der Waals surface area contributed by atoms with Gasteiger partial charge in [-0.05, 0) is 47.0 Å². The van der Waals surface area contributed by atoms with Crippen LogP contribution in [0.4, 0.5) is 4.39 Å². The maximum absolute atomic E-state index is 13.3. The van der Waals surface area contributed by atoms with E-state index in [1.165, 1.54) is 44.2 Å². The highest BCUT2D eigenvalue weighted by Crippen LogP contribution is 2.24. The van der Waals surface area contributed by atoms with Crippen LogP contribution in [0.3, 0.4) is 0 Å². The molecule has 1 aliphatic rings. The molecule has 0 spiro atoms. The Morgan fingerprint density at radius 1 is 1.20 bits per heavy atom. The van der Waals surface area contributed by atoms with Crippen LogP contribution in [-0.4, -0.2) is 23.9 Å². The number of carbonyl (C=O) groups excluding carboxylic acids is 1. The van der Waals surface area contributed by atoms with E-state index in [0.717, 1.165) is 12.8 Å². The SMILES string of the molecule is CN(C(=O)c1cc(F)ccc1Br)C1CCCCCCC1. The summed E-state index contributed by atoms with van der Waals surface area (Å²) in [6, 6.07) is 4.54. The third-order valence-corrected chi connectivity index (χ3v) is 4.79. The molecule has 110 valence electrons. The highest BCUT2D eigenvalue weighted by Gasteiger charge is 2.23. The van der Waals surface area contributed by atoms with Gasteiger partial charge >= 0.3 is 0 Å². The fourth-order valence-corrected chi connectivity index (χ4v) is 3.26. The summed E-state index contributed by atoms with van der Waals surface area (Å²) in [4.78, 5) is 14.3. The molecule has 0 N–H and O–H groups in total. The number of rotatable bonds is 2. The minimum atomic E-state index is -0.373. The lowest BCUT2D eigenvalue weighted by atomic mass is 9.95. The molecular formula is C16H21BrFNO. The summed E-state index contributed by atoms with van der Waals surface area (Å²) < 4.78 is 14.0. The Hall–Kier alpha value is -0.900. The smallest absolute Gasteiger partial charge is 0.255 e. The van der Waals surface area contributed by atoms with Crippen LogP contribution in [-0.2, 0) is 0 Å². The second kappa shape index (κ2) is 7.21. The monoisotopic (exact) mass is 341 g/mol. The van der Waals surface area contributed by atoms with Crippen LogP contribution in [0.15, 0.2) is 22.7 Å². The quantitative estimate of drug-likeness (QED) is 0.758. The lowest BCUT2D eigenvalue weighted by Crippen LogP contribution is -2.37. The minimum absolute atomic E-state index is 0.0954. The van der Waals surface area contributed by atoms with E-state index in [0.29, 0.717) is 10.0 Å². The Kier molecular flexibility index (Phi) is 5.58. The van der Waals surface area contributed by atoms with Gasteiger partial charge in [0.25, 0.3) is 5.91 Å². The zero-order valence-corrected chi connectivity index (χ0v) is 13.5. The van der Waals surface area contributed by atoms with E-state index in [9.17, 15) is 9.18 Å². The van der Waals surface area contributed by atoms with Crippen molar-refractivity contribution in [2.45, 2.75) is 51.0 Å². The summed E-state index contributed by atoms with van der Waals surface area (Å²) in [5.74, 6) is -0.468. The van der Waals surface area contributed by atoms with Gasteiger partial charge < -0.3 is 4.90 Å². The Morgan fingerprint density at radius 3 is 2.45 bits per heavy atom. The molecule has 2 nitrogen and oxygen atoms in total. The number of carbonyl (C=O) groups is 1. The summed E-state index contributed by atoms with van der Waals surface area (Å²) in [6.45, 7) is 0. The average molecular weight is 342 g/mol. The van der Waals surface area contributed by atoms with Crippen LogP contribution < -0.4 is 0 Å². The lowest BCUT2D eigenvalue weighted by molar-refractivity contribution is 0.0705. The number of hydrogen-bond donors (Lipinski definition) is 0. The number of hydrogen-bond acceptors (Lipinski definition) is 1. The van der Waals surface area contributed by atoms with Crippen LogP contribution in [0.2, 0.25) is 0 Å². The van der Waals surface area contributed by atoms with Crippen molar-refractivity contribution in [2.75, 3.05) is 7.05 Å². The molecule has 1 aliphatic carbocycles. The third kappa shape index (κ3) is 3.81. The first-order valence-electron chi connectivity index (χ1n) is 7.32. The molecule has 1 saturated carbocycles. The standard InChI is InChI=1S/C16H21BrFNO/c1-19(13-7-5-3-2-4-6-8-13)16(20)14-11-12(18)9-10-15(14)17/h9-11,13H,2-8H2,1H3. The van der Waals surface area contributed by atoms with E-state index >= 15 is 0 Å². The molecule has 0 aromatic heterocycles. The Bertz CT molecular complexity index is 470.